The van der Waals surface area contributed by atoms with Gasteiger partial charge in [0.25, 0.3) is 0 Å². The number of anilines is 2. The zero-order valence-electron chi connectivity index (χ0n) is 21.3. The maximum absolute atomic E-state index is 14.8. The number of nitrogens with zero attached hydrogens (tertiary/aromatic N) is 3. The Morgan fingerprint density at radius 2 is 1.89 bits per heavy atom. The third-order valence-electron chi connectivity index (χ3n) is 6.03. The number of ether oxygens (including phenoxy) is 2. The van der Waals surface area contributed by atoms with Gasteiger partial charge in [-0.15, -0.1) is 21.5 Å². The van der Waals surface area contributed by atoms with Crippen LogP contribution in [0.25, 0.3) is 21.3 Å². The van der Waals surface area contributed by atoms with Crippen molar-refractivity contribution in [1.82, 2.24) is 15.1 Å². The van der Waals surface area contributed by atoms with Crippen LogP contribution in [0, 0.1) is 5.82 Å². The minimum Gasteiger partial charge on any atom is -0.492 e. The van der Waals surface area contributed by atoms with E-state index in [0.717, 1.165) is 46.7 Å². The average molecular weight is 523 g/mol. The molecule has 0 aliphatic carbocycles. The number of thiophene rings is 1. The van der Waals surface area contributed by atoms with Crippen molar-refractivity contribution in [2.45, 2.75) is 27.2 Å². The fraction of sp³-hybridized carbons (Fsp3) is 0.321. The molecule has 0 radical (unpaired) electrons. The molecule has 2 aromatic heterocycles. The van der Waals surface area contributed by atoms with E-state index in [9.17, 15) is 9.18 Å². The van der Waals surface area contributed by atoms with Crippen molar-refractivity contribution in [2.24, 2.45) is 0 Å². The lowest BCUT2D eigenvalue weighted by atomic mass is 10.1. The van der Waals surface area contributed by atoms with Gasteiger partial charge in [0.2, 0.25) is 0 Å². The zero-order valence-corrected chi connectivity index (χ0v) is 22.1. The molecular formula is C28H31FN4O3S. The van der Waals surface area contributed by atoms with Crippen molar-refractivity contribution in [3.63, 3.8) is 0 Å². The highest BCUT2D eigenvalue weighted by Crippen LogP contribution is 2.38. The third-order valence-corrected chi connectivity index (χ3v) is 6.95. The number of aromatic nitrogens is 2. The highest BCUT2D eigenvalue weighted by molar-refractivity contribution is 7.17. The highest BCUT2D eigenvalue weighted by atomic mass is 32.1. The number of para-hydroxylation sites is 1. The Morgan fingerprint density at radius 1 is 1.08 bits per heavy atom. The summed E-state index contributed by atoms with van der Waals surface area (Å²) in [5, 5.41) is 14.8. The number of carbonyl (C=O) groups is 1. The fourth-order valence-electron chi connectivity index (χ4n) is 4.04. The lowest BCUT2D eigenvalue weighted by Gasteiger charge is -2.19. The fourth-order valence-corrected chi connectivity index (χ4v) is 4.93. The lowest BCUT2D eigenvalue weighted by Crippen LogP contribution is -2.27. The Balaban J connectivity index is 1.57. The number of likely N-dealkylation sites (N-methyl/N-ethyl adjacent to an activating group) is 1. The van der Waals surface area contributed by atoms with Gasteiger partial charge in [-0.25, -0.2) is 4.39 Å². The van der Waals surface area contributed by atoms with Crippen LogP contribution in [-0.2, 0) is 16.0 Å². The quantitative estimate of drug-likeness (QED) is 0.226. The largest absolute Gasteiger partial charge is 0.492 e. The Kier molecular flexibility index (Phi) is 9.03. The first-order chi connectivity index (χ1) is 18.0. The predicted molar refractivity (Wildman–Crippen MR) is 146 cm³/mol. The molecule has 0 unspecified atom stereocenters. The standard InChI is InChI=1S/C28H31FN4O3S/c1-4-33(5-2)14-15-36-24-10-8-7-9-20(24)26-27-21(13-16-37-27)28(32-31-26)30-23-12-11-19(17-22(23)29)18-25(34)35-6-3/h7-13,16-17H,4-6,14-15,18H2,1-3H3,(H,30,32). The monoisotopic (exact) mass is 522 g/mol. The van der Waals surface area contributed by atoms with E-state index in [-0.39, 0.29) is 18.1 Å². The van der Waals surface area contributed by atoms with Crippen LogP contribution in [0.3, 0.4) is 0 Å². The predicted octanol–water partition coefficient (Wildman–Crippen LogP) is 6.07. The second kappa shape index (κ2) is 12.6. The number of rotatable bonds is 12. The Labute approximate surface area is 220 Å². The van der Waals surface area contributed by atoms with Gasteiger partial charge >= 0.3 is 5.97 Å². The van der Waals surface area contributed by atoms with Crippen molar-refractivity contribution in [2.75, 3.05) is 38.2 Å². The van der Waals surface area contributed by atoms with E-state index in [1.54, 1.807) is 30.4 Å². The van der Waals surface area contributed by atoms with Gasteiger partial charge in [-0.3, -0.25) is 4.79 Å². The van der Waals surface area contributed by atoms with Crippen molar-refractivity contribution in [3.8, 4) is 17.0 Å². The van der Waals surface area contributed by atoms with E-state index < -0.39 is 5.82 Å². The number of halogens is 1. The molecule has 1 N–H and O–H groups in total. The summed E-state index contributed by atoms with van der Waals surface area (Å²) in [6.45, 7) is 9.68. The molecule has 0 bridgehead atoms. The molecule has 0 saturated carbocycles. The summed E-state index contributed by atoms with van der Waals surface area (Å²) < 4.78 is 26.9. The molecule has 0 fully saturated rings. The first-order valence-electron chi connectivity index (χ1n) is 12.4. The summed E-state index contributed by atoms with van der Waals surface area (Å²) in [5.74, 6) is 0.337. The molecule has 9 heteroatoms. The Morgan fingerprint density at radius 3 is 2.65 bits per heavy atom. The van der Waals surface area contributed by atoms with E-state index in [1.807, 2.05) is 35.7 Å². The number of fused-ring (bicyclic) bond motifs is 1. The van der Waals surface area contributed by atoms with Crippen molar-refractivity contribution < 1.29 is 18.7 Å². The van der Waals surface area contributed by atoms with Crippen LogP contribution in [0.15, 0.2) is 53.9 Å². The number of hydrogen-bond donors (Lipinski definition) is 1. The summed E-state index contributed by atoms with van der Waals surface area (Å²) in [4.78, 5) is 14.0. The summed E-state index contributed by atoms with van der Waals surface area (Å²) in [6.07, 6.45) is 0.0186. The molecule has 37 heavy (non-hydrogen) atoms. The third kappa shape index (κ3) is 6.42. The van der Waals surface area contributed by atoms with Gasteiger partial charge in [-0.2, -0.15) is 0 Å². The second-order valence-electron chi connectivity index (χ2n) is 8.35. The number of nitrogens with one attached hydrogen (secondary N) is 1. The molecule has 7 nitrogen and oxygen atoms in total. The van der Waals surface area contributed by atoms with Crippen LogP contribution in [0.4, 0.5) is 15.9 Å². The Hall–Kier alpha value is -3.56. The molecule has 0 aliphatic heterocycles. The van der Waals surface area contributed by atoms with Gasteiger partial charge in [-0.05, 0) is 61.3 Å². The minimum atomic E-state index is -0.483. The zero-order chi connectivity index (χ0) is 26.2. The molecule has 0 amide bonds. The number of benzene rings is 2. The lowest BCUT2D eigenvalue weighted by molar-refractivity contribution is -0.142. The number of hydrogen-bond acceptors (Lipinski definition) is 8. The first-order valence-corrected chi connectivity index (χ1v) is 13.3. The van der Waals surface area contributed by atoms with Gasteiger partial charge in [-0.1, -0.05) is 32.0 Å². The minimum absolute atomic E-state index is 0.0186. The van der Waals surface area contributed by atoms with Crippen LogP contribution < -0.4 is 10.1 Å². The van der Waals surface area contributed by atoms with E-state index in [0.29, 0.717) is 24.6 Å². The van der Waals surface area contributed by atoms with Gasteiger partial charge in [0.15, 0.2) is 5.82 Å². The van der Waals surface area contributed by atoms with E-state index in [2.05, 4.69) is 34.3 Å². The molecule has 194 valence electrons. The van der Waals surface area contributed by atoms with Gasteiger partial charge in [0.1, 0.15) is 23.9 Å². The van der Waals surface area contributed by atoms with E-state index in [4.69, 9.17) is 9.47 Å². The molecule has 0 spiro atoms. The topological polar surface area (TPSA) is 76.6 Å². The van der Waals surface area contributed by atoms with E-state index >= 15 is 0 Å². The molecule has 0 aliphatic rings. The Bertz CT molecular complexity index is 1360. The molecular weight excluding hydrogens is 491 g/mol. The van der Waals surface area contributed by atoms with Crippen LogP contribution in [0.2, 0.25) is 0 Å². The maximum atomic E-state index is 14.8. The average Bonchev–Trinajstić information content (AvgIpc) is 3.39. The normalized spacial score (nSPS) is 11.2. The van der Waals surface area contributed by atoms with Gasteiger partial charge in [0, 0.05) is 17.5 Å². The molecule has 2 aromatic carbocycles. The SMILES string of the molecule is CCOC(=O)Cc1ccc(Nc2nnc(-c3ccccc3OCCN(CC)CC)c3sccc23)c(F)c1. The molecule has 4 aromatic rings. The first kappa shape index (κ1) is 26.5. The number of carbonyl (C=O) groups excluding carboxylic acids is 1. The van der Waals surface area contributed by atoms with Crippen LogP contribution in [0.5, 0.6) is 5.75 Å². The highest BCUT2D eigenvalue weighted by Gasteiger charge is 2.17. The summed E-state index contributed by atoms with van der Waals surface area (Å²) in [6, 6.07) is 14.4. The summed E-state index contributed by atoms with van der Waals surface area (Å²) in [5.41, 5.74) is 2.38. The van der Waals surface area contributed by atoms with Crippen LogP contribution in [0.1, 0.15) is 26.3 Å². The van der Waals surface area contributed by atoms with Crippen molar-refractivity contribution in [3.05, 3.63) is 65.3 Å². The van der Waals surface area contributed by atoms with Gasteiger partial charge in [0.05, 0.1) is 23.4 Å². The maximum Gasteiger partial charge on any atom is 0.310 e. The van der Waals surface area contributed by atoms with Gasteiger partial charge < -0.3 is 19.7 Å². The van der Waals surface area contributed by atoms with Crippen molar-refractivity contribution in [1.29, 1.82) is 0 Å². The van der Waals surface area contributed by atoms with Crippen LogP contribution in [-0.4, -0.2) is 53.9 Å². The van der Waals surface area contributed by atoms with Crippen LogP contribution >= 0.6 is 11.3 Å². The molecule has 0 atom stereocenters. The second-order valence-corrected chi connectivity index (χ2v) is 9.27. The molecule has 0 saturated heterocycles. The van der Waals surface area contributed by atoms with E-state index in [1.165, 1.54) is 6.07 Å². The summed E-state index contributed by atoms with van der Waals surface area (Å²) >= 11 is 1.54. The van der Waals surface area contributed by atoms with Crippen molar-refractivity contribution >= 4 is 38.9 Å². The summed E-state index contributed by atoms with van der Waals surface area (Å²) in [7, 11) is 0. The number of esters is 1. The molecule has 4 rings (SSSR count). The molecule has 2 heterocycles. The smallest absolute Gasteiger partial charge is 0.310 e.